The molecule has 130 heavy (non-hydrogen) atoms. The summed E-state index contributed by atoms with van der Waals surface area (Å²) in [6.07, 6.45) is 16.0. The van der Waals surface area contributed by atoms with Gasteiger partial charge in [-0.05, 0) is 331 Å². The number of rotatable bonds is 23. The molecule has 15 rings (SSSR count). The average Bonchev–Trinajstić information content (AvgIpc) is 1.61. The Morgan fingerprint density at radius 3 is 1.19 bits per heavy atom. The van der Waals surface area contributed by atoms with Gasteiger partial charge in [0.25, 0.3) is 6.47 Å². The Morgan fingerprint density at radius 2 is 0.846 bits per heavy atom. The van der Waals surface area contributed by atoms with Gasteiger partial charge in [-0.2, -0.15) is 0 Å². The van der Waals surface area contributed by atoms with Gasteiger partial charge in [0, 0.05) is 61.1 Å². The molecule has 0 aliphatic carbocycles. The number of halogens is 6. The van der Waals surface area contributed by atoms with E-state index in [9.17, 15) is 37.8 Å². The van der Waals surface area contributed by atoms with Crippen LogP contribution in [0.5, 0.6) is 51.7 Å². The molecule has 0 bridgehead atoms. The summed E-state index contributed by atoms with van der Waals surface area (Å²) in [7, 11) is -2.33. The molecule has 3 fully saturated rings. The molecule has 10 aromatic carbocycles. The van der Waals surface area contributed by atoms with Crippen molar-refractivity contribution < 1.29 is 235 Å². The second kappa shape index (κ2) is 65.7. The number of aliphatic hydroxyl groups is 3. The standard InChI is InChI=1S/C25H31BO6.C19H19BrO4.C14H11BO4.C14H11BrO3.C7H7BrO2.C7H5FO.C5H8O.C2H6O.CH3F.CH2O3.ClH.2K.H/c1-24(2)25(3,4)32-26(31-24)22-13-12-21(30-20-10-8-18(16-27)9-11-20)15-19(22)17-29-23-7-5-6-14-28-23;20-18-9-8-17(24-16-6-4-14(12-21)5-7-16)11-15(18)13-23-19-3-1-2-10-22-19;16-8-10-1-3-12(4-2-10)19-13-5-6-14-11(7-13)9-18-15(14)17;15-14-6-5-13(7-11(14)9-17)18-12-3-1-10(8-16)2-4-12;8-7-2-1-6(10)3-5(7)4-9;8-7-3-1-6(5-9)2-4-7;1-2-4-6-5-3-1;1-2-3;1-2;2-1-4-3;;;;/h8-13,15-16,23H,5-7,14,17H2,1-4H3;4-9,11-12,19H,1-3,10,13H2;1-8,17H,9H2;1-8,17H,9H2;1-3,9-10H,4H2;1-5H;2,4H,1,3,5H2;3H,2H2,1H3;1H3;1,3H;1H;;;/q;;;;;;;;;;;2*+1;-1/p-1/i;;;;;;;;1D;;;;;. The van der Waals surface area contributed by atoms with Crippen molar-refractivity contribution in [2.45, 2.75) is 143 Å². The van der Waals surface area contributed by atoms with Gasteiger partial charge in [0.2, 0.25) is 0 Å². The van der Waals surface area contributed by atoms with Gasteiger partial charge in [-0.1, -0.05) is 59.9 Å². The first kappa shape index (κ1) is 115. The van der Waals surface area contributed by atoms with E-state index in [1.54, 1.807) is 147 Å². The van der Waals surface area contributed by atoms with Gasteiger partial charge in [0.05, 0.1) is 65.6 Å². The number of aliphatic hydroxyl groups excluding tert-OH is 3. The van der Waals surface area contributed by atoms with Crippen LogP contribution in [0.4, 0.5) is 8.78 Å². The number of fused-ring (bicyclic) bond motifs is 1. The van der Waals surface area contributed by atoms with E-state index in [1.807, 2.05) is 82.3 Å². The Kier molecular flexibility index (Phi) is 58.3. The average molecular weight is 2060 g/mol. The molecule has 35 heteroatoms. The van der Waals surface area contributed by atoms with Gasteiger partial charge in [-0.15, -0.1) is 12.4 Å². The van der Waals surface area contributed by atoms with Crippen molar-refractivity contribution in [1.82, 2.24) is 0 Å². The summed E-state index contributed by atoms with van der Waals surface area (Å²) in [5, 5.41) is 52.3. The van der Waals surface area contributed by atoms with E-state index in [4.69, 9.17) is 88.4 Å². The fourth-order valence-electron chi connectivity index (χ4n) is 11.5. The Morgan fingerprint density at radius 1 is 0.500 bits per heavy atom. The fourth-order valence-corrected chi connectivity index (χ4v) is 12.6. The monoisotopic (exact) mass is 2060 g/mol. The molecule has 5 heterocycles. The van der Waals surface area contributed by atoms with Crippen LogP contribution < -0.4 is 138 Å². The van der Waals surface area contributed by atoms with E-state index >= 15 is 0 Å². The summed E-state index contributed by atoms with van der Waals surface area (Å²) in [5.41, 5.74) is 8.09. The van der Waals surface area contributed by atoms with Gasteiger partial charge < -0.3 is 93.6 Å². The van der Waals surface area contributed by atoms with Gasteiger partial charge in [-0.3, -0.25) is 33.2 Å². The number of alkyl halides is 1. The maximum absolute atomic E-state index is 12.1. The quantitative estimate of drug-likeness (QED) is 0.0172. The van der Waals surface area contributed by atoms with Gasteiger partial charge in [0.15, 0.2) is 12.6 Å². The smallest absolute Gasteiger partial charge is 1.00 e. The van der Waals surface area contributed by atoms with E-state index in [1.165, 1.54) is 43.2 Å². The van der Waals surface area contributed by atoms with Crippen LogP contribution in [0.1, 0.15) is 168 Å². The van der Waals surface area contributed by atoms with E-state index in [2.05, 4.69) is 52.7 Å². The first-order valence-electron chi connectivity index (χ1n) is 40.7. The zero-order chi connectivity index (χ0) is 93.1. The number of aromatic hydroxyl groups is 1. The largest absolute Gasteiger partial charge is 1.00 e. The fraction of sp³-hybridized carbons (Fsp3) is 0.284. The summed E-state index contributed by atoms with van der Waals surface area (Å²) in [6, 6.07) is 60.3. The number of ether oxygens (including phenoxy) is 9. The number of hydrogen-bond acceptors (Lipinski definition) is 25. The number of allylic oxidation sites excluding steroid dienone is 1. The third kappa shape index (κ3) is 42.3. The predicted octanol–water partition coefficient (Wildman–Crippen LogP) is 12.9. The first-order chi connectivity index (χ1) is 61.8. The van der Waals surface area contributed by atoms with Crippen LogP contribution in [0, 0.1) is 5.82 Å². The molecule has 684 valence electrons. The second-order valence-electron chi connectivity index (χ2n) is 28.5. The molecular weight excluding hydrogens is 1950 g/mol. The van der Waals surface area contributed by atoms with Crippen LogP contribution in [0.3, 0.4) is 0 Å². The van der Waals surface area contributed by atoms with Crippen LogP contribution in [0.15, 0.2) is 238 Å². The first-order valence-corrected chi connectivity index (χ1v) is 42.4. The molecule has 5 aliphatic heterocycles. The van der Waals surface area contributed by atoms with Crippen molar-refractivity contribution in [3.8, 4) is 51.7 Å². The van der Waals surface area contributed by atoms with Crippen LogP contribution in [-0.4, -0.2) is 135 Å². The van der Waals surface area contributed by atoms with Crippen LogP contribution in [-0.2, 0) is 80.4 Å². The normalized spacial score (nSPS) is 14.7. The SMILES string of the molecule is C1=COCCC1.CC1(C)OB(c2ccc(Oc3ccc(C=O)cc3)cc2COC2CCCCO2)OC1(C)C.CCO.Cl.O=CO[O-].O=Cc1ccc(F)cc1.O=Cc1ccc(Oc2ccc(Br)c(CO)c2)cc1.O=Cc1ccc(Oc2ccc(Br)c(COC3CCCCO3)c2)cc1.O=Cc1ccc(Oc2ccc3c(c2)COB3O)cc1.OCc1cc(O)ccc1Br.[2H]CF.[H-].[K+].[K+]. The Labute approximate surface area is 876 Å². The molecule has 5 N–H and O–H groups in total. The Hall–Kier alpha value is -6.93. The molecule has 2 atom stereocenters. The molecule has 0 amide bonds. The third-order valence-corrected chi connectivity index (χ3v) is 21.1. The van der Waals surface area contributed by atoms with Crippen molar-refractivity contribution in [3.63, 3.8) is 0 Å². The minimum Gasteiger partial charge on any atom is -1.00 e. The summed E-state index contributed by atoms with van der Waals surface area (Å²) in [5.74, 6) is 5.21. The second-order valence-corrected chi connectivity index (χ2v) is 31.1. The maximum atomic E-state index is 12.1. The van der Waals surface area contributed by atoms with Crippen molar-refractivity contribution in [2.24, 2.45) is 0 Å². The summed E-state index contributed by atoms with van der Waals surface area (Å²) in [4.78, 5) is 63.9. The van der Waals surface area contributed by atoms with Gasteiger partial charge >= 0.3 is 117 Å². The predicted molar refractivity (Wildman–Crippen MR) is 493 cm³/mol. The van der Waals surface area contributed by atoms with E-state index < -0.39 is 32.6 Å². The maximum Gasteiger partial charge on any atom is 1.00 e. The number of carbonyl (C=O) groups is 6. The molecule has 2 unspecified atom stereocenters. The Bertz CT molecular complexity index is 5000. The van der Waals surface area contributed by atoms with Gasteiger partial charge in [0.1, 0.15) is 89.0 Å². The number of benzene rings is 10. The zero-order valence-electron chi connectivity index (χ0n) is 75.1. The Balaban J connectivity index is 0.000000532. The number of aldehydes is 5. The molecule has 0 radical (unpaired) electrons. The van der Waals surface area contributed by atoms with Crippen LogP contribution in [0.25, 0.3) is 0 Å². The van der Waals surface area contributed by atoms with Crippen molar-refractivity contribution in [2.75, 3.05) is 33.6 Å². The third-order valence-electron chi connectivity index (χ3n) is 18.8. The van der Waals surface area contributed by atoms with Gasteiger partial charge in [-0.25, -0.2) is 4.39 Å². The molecule has 5 aliphatic rings. The summed E-state index contributed by atoms with van der Waals surface area (Å²) < 4.78 is 99.2. The molecular formula is C95H104B2Br3ClF2K2O25. The van der Waals surface area contributed by atoms with Crippen LogP contribution >= 0.6 is 60.2 Å². The van der Waals surface area contributed by atoms with Crippen molar-refractivity contribution in [1.29, 1.82) is 0 Å². The molecule has 3 saturated heterocycles. The zero-order valence-corrected chi connectivity index (χ0v) is 84.9. The molecule has 25 nitrogen and oxygen atoms in total. The van der Waals surface area contributed by atoms with E-state index in [0.29, 0.717) is 99.7 Å². The number of carbonyl (C=O) groups excluding carboxylic acids is 6. The molecule has 10 aromatic rings. The van der Waals surface area contributed by atoms with Crippen LogP contribution in [0.2, 0.25) is 0 Å². The molecule has 0 saturated carbocycles. The van der Waals surface area contributed by atoms with E-state index in [0.717, 1.165) is 136 Å². The van der Waals surface area contributed by atoms with Crippen molar-refractivity contribution in [3.05, 3.63) is 300 Å². The van der Waals surface area contributed by atoms with Crippen molar-refractivity contribution >= 4 is 123 Å². The summed E-state index contributed by atoms with van der Waals surface area (Å²) in [6.45, 7) is 13.4. The molecule has 0 aromatic heterocycles. The van der Waals surface area contributed by atoms with E-state index in [-0.39, 0.29) is 167 Å². The number of phenolic OH excluding ortho intramolecular Hbond substituents is 1. The minimum absolute atomic E-state index is 0. The topological polar surface area (TPSA) is 347 Å². The summed E-state index contributed by atoms with van der Waals surface area (Å²) >= 11 is 10.1. The number of hydrogen-bond donors (Lipinski definition) is 5. The number of phenols is 1. The minimum atomic E-state index is -1.00. The molecule has 0 spiro atoms.